The Labute approximate surface area is 110 Å². The summed E-state index contributed by atoms with van der Waals surface area (Å²) in [4.78, 5) is 0. The van der Waals surface area contributed by atoms with E-state index in [1.807, 2.05) is 6.07 Å². The fourth-order valence-corrected chi connectivity index (χ4v) is 1.70. The molecular weight excluding hydrogens is 228 g/mol. The number of rotatable bonds is 9. The lowest BCUT2D eigenvalue weighted by molar-refractivity contribution is 0.0364. The van der Waals surface area contributed by atoms with E-state index in [0.717, 1.165) is 18.8 Å². The van der Waals surface area contributed by atoms with E-state index in [9.17, 15) is 0 Å². The van der Waals surface area contributed by atoms with E-state index in [4.69, 9.17) is 14.2 Å². The Morgan fingerprint density at radius 3 is 2.00 bits per heavy atom. The zero-order valence-electron chi connectivity index (χ0n) is 11.7. The van der Waals surface area contributed by atoms with Crippen LogP contribution in [-0.2, 0) is 9.47 Å². The SMILES string of the molecule is CCCOCCOCCOc1c(C)cccc1C. The second-order valence-electron chi connectivity index (χ2n) is 4.29. The highest BCUT2D eigenvalue weighted by atomic mass is 16.5. The fraction of sp³-hybridized carbons (Fsp3) is 0.600. The molecule has 0 amide bonds. The summed E-state index contributed by atoms with van der Waals surface area (Å²) in [5.74, 6) is 0.975. The third-order valence-corrected chi connectivity index (χ3v) is 2.60. The first-order valence-electron chi connectivity index (χ1n) is 6.60. The van der Waals surface area contributed by atoms with Crippen molar-refractivity contribution in [2.75, 3.05) is 33.0 Å². The molecule has 3 nitrogen and oxygen atoms in total. The normalized spacial score (nSPS) is 10.6. The molecule has 0 spiro atoms. The minimum absolute atomic E-state index is 0.583. The Morgan fingerprint density at radius 1 is 0.833 bits per heavy atom. The minimum atomic E-state index is 0.583. The van der Waals surface area contributed by atoms with Crippen LogP contribution in [0.5, 0.6) is 5.75 Å². The first kappa shape index (κ1) is 15.0. The lowest BCUT2D eigenvalue weighted by Crippen LogP contribution is -2.11. The Morgan fingerprint density at radius 2 is 1.39 bits per heavy atom. The summed E-state index contributed by atoms with van der Waals surface area (Å²) < 4.78 is 16.5. The predicted molar refractivity (Wildman–Crippen MR) is 73.3 cm³/mol. The first-order valence-corrected chi connectivity index (χ1v) is 6.60. The van der Waals surface area contributed by atoms with Gasteiger partial charge >= 0.3 is 0 Å². The van der Waals surface area contributed by atoms with E-state index in [2.05, 4.69) is 32.9 Å². The molecule has 1 aromatic rings. The van der Waals surface area contributed by atoms with Gasteiger partial charge in [-0.05, 0) is 31.4 Å². The maximum atomic E-state index is 5.73. The van der Waals surface area contributed by atoms with Crippen molar-refractivity contribution in [3.8, 4) is 5.75 Å². The van der Waals surface area contributed by atoms with E-state index in [0.29, 0.717) is 26.4 Å². The van der Waals surface area contributed by atoms with Crippen molar-refractivity contribution < 1.29 is 14.2 Å². The van der Waals surface area contributed by atoms with Crippen LogP contribution in [0.3, 0.4) is 0 Å². The molecule has 0 aliphatic rings. The molecule has 18 heavy (non-hydrogen) atoms. The van der Waals surface area contributed by atoms with Gasteiger partial charge in [-0.2, -0.15) is 0 Å². The average Bonchev–Trinajstić information content (AvgIpc) is 2.35. The molecule has 0 bridgehead atoms. The maximum Gasteiger partial charge on any atom is 0.125 e. The van der Waals surface area contributed by atoms with Gasteiger partial charge in [0.15, 0.2) is 0 Å². The van der Waals surface area contributed by atoms with Crippen molar-refractivity contribution in [1.29, 1.82) is 0 Å². The van der Waals surface area contributed by atoms with Crippen LogP contribution in [0.15, 0.2) is 18.2 Å². The van der Waals surface area contributed by atoms with E-state index in [-0.39, 0.29) is 0 Å². The smallest absolute Gasteiger partial charge is 0.125 e. The van der Waals surface area contributed by atoms with Gasteiger partial charge in [-0.3, -0.25) is 0 Å². The zero-order valence-corrected chi connectivity index (χ0v) is 11.7. The first-order chi connectivity index (χ1) is 8.75. The molecule has 0 aliphatic heterocycles. The van der Waals surface area contributed by atoms with Gasteiger partial charge in [0.05, 0.1) is 19.8 Å². The van der Waals surface area contributed by atoms with Crippen LogP contribution < -0.4 is 4.74 Å². The summed E-state index contributed by atoms with van der Waals surface area (Å²) >= 11 is 0. The monoisotopic (exact) mass is 252 g/mol. The van der Waals surface area contributed by atoms with E-state index in [1.165, 1.54) is 11.1 Å². The summed E-state index contributed by atoms with van der Waals surface area (Å²) in [6.07, 6.45) is 1.05. The van der Waals surface area contributed by atoms with Crippen molar-refractivity contribution in [1.82, 2.24) is 0 Å². The lowest BCUT2D eigenvalue weighted by Gasteiger charge is -2.12. The quantitative estimate of drug-likeness (QED) is 0.632. The Bertz CT molecular complexity index is 316. The van der Waals surface area contributed by atoms with Crippen molar-refractivity contribution in [3.05, 3.63) is 29.3 Å². The zero-order chi connectivity index (χ0) is 13.2. The summed E-state index contributed by atoms with van der Waals surface area (Å²) in [5.41, 5.74) is 2.34. The molecule has 0 saturated heterocycles. The van der Waals surface area contributed by atoms with Gasteiger partial charge in [0.1, 0.15) is 12.4 Å². The highest BCUT2D eigenvalue weighted by molar-refractivity contribution is 5.39. The molecule has 0 fully saturated rings. The molecule has 0 saturated carbocycles. The third kappa shape index (κ3) is 5.52. The molecule has 1 aromatic carbocycles. The van der Waals surface area contributed by atoms with Crippen LogP contribution in [0.1, 0.15) is 24.5 Å². The van der Waals surface area contributed by atoms with Crippen molar-refractivity contribution in [2.45, 2.75) is 27.2 Å². The van der Waals surface area contributed by atoms with Gasteiger partial charge in [0, 0.05) is 6.61 Å². The van der Waals surface area contributed by atoms with Crippen LogP contribution in [0, 0.1) is 13.8 Å². The predicted octanol–water partition coefficient (Wildman–Crippen LogP) is 3.13. The molecule has 0 heterocycles. The molecule has 3 heteroatoms. The van der Waals surface area contributed by atoms with Crippen LogP contribution in [-0.4, -0.2) is 33.0 Å². The summed E-state index contributed by atoms with van der Waals surface area (Å²) in [7, 11) is 0. The largest absolute Gasteiger partial charge is 0.491 e. The molecule has 0 unspecified atom stereocenters. The molecule has 102 valence electrons. The topological polar surface area (TPSA) is 27.7 Å². The molecule has 0 atom stereocenters. The Kier molecular flexibility index (Phi) is 7.46. The highest BCUT2D eigenvalue weighted by Gasteiger charge is 2.02. The fourth-order valence-electron chi connectivity index (χ4n) is 1.70. The van der Waals surface area contributed by atoms with Gasteiger partial charge in [0.25, 0.3) is 0 Å². The van der Waals surface area contributed by atoms with Gasteiger partial charge in [0.2, 0.25) is 0 Å². The number of ether oxygens (including phenoxy) is 3. The average molecular weight is 252 g/mol. The molecule has 0 aliphatic carbocycles. The van der Waals surface area contributed by atoms with Gasteiger partial charge in [-0.15, -0.1) is 0 Å². The number of para-hydroxylation sites is 1. The molecule has 0 aromatic heterocycles. The van der Waals surface area contributed by atoms with Crippen LogP contribution >= 0.6 is 0 Å². The van der Waals surface area contributed by atoms with Gasteiger partial charge in [-0.1, -0.05) is 25.1 Å². The molecule has 1 rings (SSSR count). The van der Waals surface area contributed by atoms with Crippen molar-refractivity contribution >= 4 is 0 Å². The number of benzene rings is 1. The second-order valence-corrected chi connectivity index (χ2v) is 4.29. The maximum absolute atomic E-state index is 5.73. The number of hydrogen-bond donors (Lipinski definition) is 0. The second kappa shape index (κ2) is 8.95. The standard InChI is InChI=1S/C15H24O3/c1-4-8-16-9-10-17-11-12-18-15-13(2)6-5-7-14(15)3/h5-7H,4,8-12H2,1-3H3. The van der Waals surface area contributed by atoms with Crippen molar-refractivity contribution in [3.63, 3.8) is 0 Å². The molecular formula is C15H24O3. The van der Waals surface area contributed by atoms with Gasteiger partial charge in [-0.25, -0.2) is 0 Å². The highest BCUT2D eigenvalue weighted by Crippen LogP contribution is 2.21. The van der Waals surface area contributed by atoms with Crippen molar-refractivity contribution in [2.24, 2.45) is 0 Å². The lowest BCUT2D eigenvalue weighted by atomic mass is 10.1. The number of aryl methyl sites for hydroxylation is 2. The minimum Gasteiger partial charge on any atom is -0.491 e. The van der Waals surface area contributed by atoms with E-state index in [1.54, 1.807) is 0 Å². The van der Waals surface area contributed by atoms with Gasteiger partial charge < -0.3 is 14.2 Å². The van der Waals surface area contributed by atoms with Crippen LogP contribution in [0.25, 0.3) is 0 Å². The molecule has 0 radical (unpaired) electrons. The summed E-state index contributed by atoms with van der Waals surface area (Å²) in [6.45, 7) is 9.50. The van der Waals surface area contributed by atoms with Crippen LogP contribution in [0.2, 0.25) is 0 Å². The van der Waals surface area contributed by atoms with E-state index < -0.39 is 0 Å². The van der Waals surface area contributed by atoms with Crippen LogP contribution in [0.4, 0.5) is 0 Å². The molecule has 0 N–H and O–H groups in total. The third-order valence-electron chi connectivity index (χ3n) is 2.60. The van der Waals surface area contributed by atoms with E-state index >= 15 is 0 Å². The number of hydrogen-bond acceptors (Lipinski definition) is 3. The Balaban J connectivity index is 2.11. The summed E-state index contributed by atoms with van der Waals surface area (Å²) in [5, 5.41) is 0. The summed E-state index contributed by atoms with van der Waals surface area (Å²) in [6, 6.07) is 6.16. The Hall–Kier alpha value is -1.06.